The first-order chi connectivity index (χ1) is 10.2. The lowest BCUT2D eigenvalue weighted by Gasteiger charge is -2.23. The molecule has 1 aromatic rings. The summed E-state index contributed by atoms with van der Waals surface area (Å²) in [4.78, 5) is 33.5. The van der Waals surface area contributed by atoms with Crippen molar-refractivity contribution in [2.45, 2.75) is 6.42 Å². The third-order valence-electron chi connectivity index (χ3n) is 3.71. The maximum Gasteiger partial charge on any atom is 0.410 e. The van der Waals surface area contributed by atoms with Gasteiger partial charge in [-0.25, -0.2) is 9.78 Å². The minimum Gasteiger partial charge on any atom is -0.448 e. The number of carbonyl (C=O) groups excluding carboxylic acids is 2. The summed E-state index contributed by atoms with van der Waals surface area (Å²) in [6.07, 6.45) is 2.32. The standard InChI is InChI=1S/C13H18N4O3S/c18-11(10-17-7-8-20-13(17)19)15-3-1-4-16(6-5-15)12-14-2-9-21-12/h2,9H,1,3-8,10H2. The Labute approximate surface area is 127 Å². The summed E-state index contributed by atoms with van der Waals surface area (Å²) in [6, 6.07) is 0. The number of rotatable bonds is 3. The molecule has 0 unspecified atom stereocenters. The van der Waals surface area contributed by atoms with Crippen LogP contribution in [0, 0.1) is 0 Å². The van der Waals surface area contributed by atoms with Crippen molar-refractivity contribution in [1.82, 2.24) is 14.8 Å². The Morgan fingerprint density at radius 3 is 2.90 bits per heavy atom. The van der Waals surface area contributed by atoms with Crippen LogP contribution in [0.1, 0.15) is 6.42 Å². The molecule has 2 aliphatic rings. The first-order valence-corrected chi connectivity index (χ1v) is 7.96. The van der Waals surface area contributed by atoms with Crippen LogP contribution in [0.4, 0.5) is 9.93 Å². The fraction of sp³-hybridized carbons (Fsp3) is 0.615. The average molecular weight is 310 g/mol. The fourth-order valence-corrected chi connectivity index (χ4v) is 3.26. The van der Waals surface area contributed by atoms with E-state index in [-0.39, 0.29) is 18.5 Å². The summed E-state index contributed by atoms with van der Waals surface area (Å²) >= 11 is 1.62. The van der Waals surface area contributed by atoms with E-state index in [9.17, 15) is 9.59 Å². The maximum absolute atomic E-state index is 12.3. The van der Waals surface area contributed by atoms with Gasteiger partial charge in [0.25, 0.3) is 0 Å². The molecule has 1 aromatic heterocycles. The van der Waals surface area contributed by atoms with Gasteiger partial charge in [-0.15, -0.1) is 11.3 Å². The first kappa shape index (κ1) is 14.1. The molecule has 8 heteroatoms. The number of nitrogens with zero attached hydrogens (tertiary/aromatic N) is 4. The lowest BCUT2D eigenvalue weighted by molar-refractivity contribution is -0.131. The van der Waals surface area contributed by atoms with Crippen LogP contribution in [0.2, 0.25) is 0 Å². The first-order valence-electron chi connectivity index (χ1n) is 7.08. The predicted molar refractivity (Wildman–Crippen MR) is 78.4 cm³/mol. The van der Waals surface area contributed by atoms with Gasteiger partial charge in [0.2, 0.25) is 5.91 Å². The number of aromatic nitrogens is 1. The molecular weight excluding hydrogens is 292 g/mol. The normalized spacial score (nSPS) is 19.6. The van der Waals surface area contributed by atoms with Gasteiger partial charge in [0, 0.05) is 37.8 Å². The molecule has 0 saturated carbocycles. The van der Waals surface area contributed by atoms with E-state index < -0.39 is 0 Å². The van der Waals surface area contributed by atoms with Crippen molar-refractivity contribution in [3.63, 3.8) is 0 Å². The van der Waals surface area contributed by atoms with Crippen LogP contribution in [0.3, 0.4) is 0 Å². The maximum atomic E-state index is 12.3. The van der Waals surface area contributed by atoms with Crippen LogP contribution >= 0.6 is 11.3 Å². The minimum atomic E-state index is -0.386. The van der Waals surface area contributed by atoms with E-state index in [2.05, 4.69) is 9.88 Å². The zero-order valence-electron chi connectivity index (χ0n) is 11.7. The molecular formula is C13H18N4O3S. The van der Waals surface area contributed by atoms with Gasteiger partial charge in [-0.05, 0) is 6.42 Å². The van der Waals surface area contributed by atoms with E-state index >= 15 is 0 Å². The Kier molecular flexibility index (Phi) is 4.23. The molecule has 2 aliphatic heterocycles. The lowest BCUT2D eigenvalue weighted by Crippen LogP contribution is -2.42. The van der Waals surface area contributed by atoms with Gasteiger partial charge in [0.15, 0.2) is 5.13 Å². The van der Waals surface area contributed by atoms with Gasteiger partial charge in [-0.2, -0.15) is 0 Å². The van der Waals surface area contributed by atoms with Gasteiger partial charge in [-0.3, -0.25) is 9.69 Å². The van der Waals surface area contributed by atoms with Crippen LogP contribution in [0.15, 0.2) is 11.6 Å². The second kappa shape index (κ2) is 6.30. The monoisotopic (exact) mass is 310 g/mol. The topological polar surface area (TPSA) is 66.0 Å². The smallest absolute Gasteiger partial charge is 0.410 e. The molecule has 0 N–H and O–H groups in total. The van der Waals surface area contributed by atoms with Crippen molar-refractivity contribution in [1.29, 1.82) is 0 Å². The molecule has 3 heterocycles. The number of thiazole rings is 1. The van der Waals surface area contributed by atoms with E-state index in [1.807, 2.05) is 10.3 Å². The van der Waals surface area contributed by atoms with Gasteiger partial charge in [0.1, 0.15) is 13.2 Å². The summed E-state index contributed by atoms with van der Waals surface area (Å²) in [5.41, 5.74) is 0. The van der Waals surface area contributed by atoms with Gasteiger partial charge in [0.05, 0.1) is 6.54 Å². The molecule has 0 bridgehead atoms. The summed E-state index contributed by atoms with van der Waals surface area (Å²) in [6.45, 7) is 4.08. The molecule has 2 fully saturated rings. The molecule has 0 aliphatic carbocycles. The number of hydrogen-bond acceptors (Lipinski definition) is 6. The molecule has 21 heavy (non-hydrogen) atoms. The third kappa shape index (κ3) is 3.26. The number of anilines is 1. The van der Waals surface area contributed by atoms with Crippen LogP contribution in [-0.4, -0.2) is 72.7 Å². The number of cyclic esters (lactones) is 1. The molecule has 0 atom stereocenters. The SMILES string of the molecule is O=C(CN1CCOC1=O)N1CCCN(c2nccs2)CC1. The van der Waals surface area contributed by atoms with Crippen LogP contribution < -0.4 is 4.90 Å². The van der Waals surface area contributed by atoms with Crippen molar-refractivity contribution in [3.8, 4) is 0 Å². The Balaban J connectivity index is 1.54. The quantitative estimate of drug-likeness (QED) is 0.819. The molecule has 0 spiro atoms. The van der Waals surface area contributed by atoms with Crippen molar-refractivity contribution in [2.75, 3.05) is 50.8 Å². The minimum absolute atomic E-state index is 0.00478. The summed E-state index contributed by atoms with van der Waals surface area (Å²) in [5.74, 6) is -0.00478. The van der Waals surface area contributed by atoms with E-state index in [4.69, 9.17) is 4.74 Å². The van der Waals surface area contributed by atoms with Crippen LogP contribution in [0.5, 0.6) is 0 Å². The second-order valence-corrected chi connectivity index (χ2v) is 5.95. The Morgan fingerprint density at radius 2 is 2.19 bits per heavy atom. The largest absolute Gasteiger partial charge is 0.448 e. The zero-order valence-corrected chi connectivity index (χ0v) is 12.5. The molecule has 0 aromatic carbocycles. The van der Waals surface area contributed by atoms with Gasteiger partial charge >= 0.3 is 6.09 Å². The van der Waals surface area contributed by atoms with E-state index in [0.717, 1.165) is 31.2 Å². The fourth-order valence-electron chi connectivity index (χ4n) is 2.56. The molecule has 0 radical (unpaired) electrons. The summed E-state index contributed by atoms with van der Waals surface area (Å²) in [5, 5.41) is 2.97. The highest BCUT2D eigenvalue weighted by atomic mass is 32.1. The average Bonchev–Trinajstić information content (AvgIpc) is 3.07. The Bertz CT molecular complexity index is 508. The van der Waals surface area contributed by atoms with E-state index in [1.54, 1.807) is 17.5 Å². The number of ether oxygens (including phenoxy) is 1. The number of carbonyl (C=O) groups is 2. The lowest BCUT2D eigenvalue weighted by atomic mass is 10.3. The van der Waals surface area contributed by atoms with E-state index in [1.165, 1.54) is 4.90 Å². The molecule has 2 saturated heterocycles. The van der Waals surface area contributed by atoms with Crippen molar-refractivity contribution in [2.24, 2.45) is 0 Å². The highest BCUT2D eigenvalue weighted by Crippen LogP contribution is 2.19. The van der Waals surface area contributed by atoms with E-state index in [0.29, 0.717) is 19.7 Å². The predicted octanol–water partition coefficient (Wildman–Crippen LogP) is 0.634. The zero-order chi connectivity index (χ0) is 14.7. The highest BCUT2D eigenvalue weighted by molar-refractivity contribution is 7.13. The second-order valence-electron chi connectivity index (χ2n) is 5.07. The number of hydrogen-bond donors (Lipinski definition) is 0. The third-order valence-corrected chi connectivity index (χ3v) is 4.54. The Hall–Kier alpha value is -1.83. The molecule has 7 nitrogen and oxygen atoms in total. The van der Waals surface area contributed by atoms with Crippen molar-refractivity contribution >= 4 is 28.5 Å². The van der Waals surface area contributed by atoms with Crippen molar-refractivity contribution < 1.29 is 14.3 Å². The Morgan fingerprint density at radius 1 is 1.29 bits per heavy atom. The van der Waals surface area contributed by atoms with Crippen LogP contribution in [-0.2, 0) is 9.53 Å². The van der Waals surface area contributed by atoms with Crippen molar-refractivity contribution in [3.05, 3.63) is 11.6 Å². The van der Waals surface area contributed by atoms with Gasteiger partial charge < -0.3 is 14.5 Å². The van der Waals surface area contributed by atoms with Gasteiger partial charge in [-0.1, -0.05) is 0 Å². The molecule has 2 amide bonds. The molecule has 3 rings (SSSR count). The number of amides is 2. The summed E-state index contributed by atoms with van der Waals surface area (Å²) < 4.78 is 4.85. The molecule has 114 valence electrons. The van der Waals surface area contributed by atoms with Crippen LogP contribution in [0.25, 0.3) is 0 Å². The summed E-state index contributed by atoms with van der Waals surface area (Å²) in [7, 11) is 0. The highest BCUT2D eigenvalue weighted by Gasteiger charge is 2.27.